The monoisotopic (exact) mass is 359 g/mol. The van der Waals surface area contributed by atoms with Crippen molar-refractivity contribution in [1.82, 2.24) is 0 Å². The van der Waals surface area contributed by atoms with Crippen LogP contribution in [0.5, 0.6) is 0 Å². The fraction of sp³-hybridized carbons (Fsp3) is 0.0556. The normalized spacial score (nSPS) is 11.9. The van der Waals surface area contributed by atoms with Gasteiger partial charge in [0, 0.05) is 17.7 Å². The highest BCUT2D eigenvalue weighted by molar-refractivity contribution is 7.90. The van der Waals surface area contributed by atoms with Gasteiger partial charge in [0.25, 0.3) is 0 Å². The van der Waals surface area contributed by atoms with Gasteiger partial charge in [-0.25, -0.2) is 12.8 Å². The lowest BCUT2D eigenvalue weighted by Crippen LogP contribution is -2.10. The first kappa shape index (κ1) is 16.9. The number of para-hydroxylation sites is 1. The zero-order valence-corrected chi connectivity index (χ0v) is 14.0. The summed E-state index contributed by atoms with van der Waals surface area (Å²) in [5.74, 6) is -0.857. The lowest BCUT2D eigenvalue weighted by atomic mass is 10.2. The molecule has 0 saturated heterocycles. The predicted molar refractivity (Wildman–Crippen MR) is 93.4 cm³/mol. The maximum atomic E-state index is 13.8. The summed E-state index contributed by atoms with van der Waals surface area (Å²) < 4.78 is 42.3. The van der Waals surface area contributed by atoms with Crippen LogP contribution in [-0.2, 0) is 14.6 Å². The second kappa shape index (κ2) is 6.52. The molecule has 0 atom stereocenters. The van der Waals surface area contributed by atoms with E-state index in [-0.39, 0.29) is 10.6 Å². The summed E-state index contributed by atoms with van der Waals surface area (Å²) in [6.45, 7) is 0. The van der Waals surface area contributed by atoms with Crippen LogP contribution in [0, 0.1) is 5.82 Å². The van der Waals surface area contributed by atoms with Crippen molar-refractivity contribution in [3.8, 4) is 0 Å². The molecular weight excluding hydrogens is 345 g/mol. The highest BCUT2D eigenvalue weighted by atomic mass is 32.2. The Balaban J connectivity index is 1.78. The second-order valence-corrected chi connectivity index (χ2v) is 7.44. The van der Waals surface area contributed by atoms with E-state index in [1.165, 1.54) is 12.2 Å². The summed E-state index contributed by atoms with van der Waals surface area (Å²) in [7, 11) is -3.50. The van der Waals surface area contributed by atoms with Gasteiger partial charge in [0.15, 0.2) is 9.84 Å². The number of nitrogens with one attached hydrogen (secondary N) is 1. The molecule has 0 aliphatic rings. The minimum absolute atomic E-state index is 0.0783. The molecule has 7 heteroatoms. The number of amides is 1. The minimum Gasteiger partial charge on any atom is -0.457 e. The van der Waals surface area contributed by atoms with E-state index in [0.29, 0.717) is 11.3 Å². The fourth-order valence-corrected chi connectivity index (χ4v) is 2.89. The zero-order chi connectivity index (χ0) is 18.0. The van der Waals surface area contributed by atoms with Crippen molar-refractivity contribution in [1.29, 1.82) is 0 Å². The molecule has 2 aromatic carbocycles. The number of carbonyl (C=O) groups is 1. The van der Waals surface area contributed by atoms with Gasteiger partial charge in [-0.1, -0.05) is 18.2 Å². The number of carbonyl (C=O) groups excluding carboxylic acids is 1. The van der Waals surface area contributed by atoms with Crippen molar-refractivity contribution in [2.45, 2.75) is 4.90 Å². The highest BCUT2D eigenvalue weighted by Gasteiger charge is 2.12. The number of anilines is 1. The van der Waals surface area contributed by atoms with Crippen LogP contribution in [0.15, 0.2) is 63.9 Å². The molecule has 0 bridgehead atoms. The van der Waals surface area contributed by atoms with Gasteiger partial charge in [-0.05, 0) is 36.4 Å². The number of hydrogen-bond acceptors (Lipinski definition) is 4. The topological polar surface area (TPSA) is 76.4 Å². The molecule has 0 fully saturated rings. The molecule has 0 spiro atoms. The summed E-state index contributed by atoms with van der Waals surface area (Å²) in [6, 6.07) is 12.4. The van der Waals surface area contributed by atoms with E-state index >= 15 is 0 Å². The van der Waals surface area contributed by atoms with Crippen molar-refractivity contribution >= 4 is 38.5 Å². The molecule has 0 unspecified atom stereocenters. The van der Waals surface area contributed by atoms with Crippen LogP contribution in [0.2, 0.25) is 0 Å². The van der Waals surface area contributed by atoms with Crippen LogP contribution in [0.1, 0.15) is 5.76 Å². The van der Waals surface area contributed by atoms with Gasteiger partial charge in [-0.15, -0.1) is 0 Å². The molecule has 0 saturated carbocycles. The van der Waals surface area contributed by atoms with Gasteiger partial charge >= 0.3 is 0 Å². The smallest absolute Gasteiger partial charge is 0.248 e. The lowest BCUT2D eigenvalue weighted by Gasteiger charge is -2.06. The van der Waals surface area contributed by atoms with E-state index < -0.39 is 21.6 Å². The molecule has 3 rings (SSSR count). The van der Waals surface area contributed by atoms with Gasteiger partial charge in [0.2, 0.25) is 5.91 Å². The zero-order valence-electron chi connectivity index (χ0n) is 13.2. The van der Waals surface area contributed by atoms with Crippen LogP contribution < -0.4 is 5.32 Å². The molecule has 128 valence electrons. The Bertz CT molecular complexity index is 1050. The number of benzene rings is 2. The lowest BCUT2D eigenvalue weighted by molar-refractivity contribution is -0.111. The first-order chi connectivity index (χ1) is 11.8. The number of halogens is 1. The molecule has 0 aliphatic heterocycles. The molecule has 0 aliphatic carbocycles. The van der Waals surface area contributed by atoms with Crippen LogP contribution in [0.25, 0.3) is 17.0 Å². The van der Waals surface area contributed by atoms with E-state index in [1.807, 2.05) is 18.2 Å². The van der Waals surface area contributed by atoms with Gasteiger partial charge in [-0.2, -0.15) is 0 Å². The molecule has 3 aromatic rings. The van der Waals surface area contributed by atoms with E-state index in [2.05, 4.69) is 5.32 Å². The van der Waals surface area contributed by atoms with E-state index in [4.69, 9.17) is 4.42 Å². The predicted octanol–water partition coefficient (Wildman–Crippen LogP) is 3.63. The minimum atomic E-state index is -3.50. The van der Waals surface area contributed by atoms with Gasteiger partial charge < -0.3 is 9.73 Å². The Morgan fingerprint density at radius 1 is 1.16 bits per heavy atom. The molecule has 25 heavy (non-hydrogen) atoms. The maximum Gasteiger partial charge on any atom is 0.248 e. The van der Waals surface area contributed by atoms with Gasteiger partial charge in [0.1, 0.15) is 17.2 Å². The van der Waals surface area contributed by atoms with Crippen molar-refractivity contribution in [3.63, 3.8) is 0 Å². The molecular formula is C18H14FNO4S. The standard InChI is InChI=1S/C18H14FNO4S/c1-25(22,23)14-7-8-15(19)16(11-14)20-18(21)9-6-13-10-12-4-2-3-5-17(12)24-13/h2-11H,1H3,(H,20,21)/b9-6+. The SMILES string of the molecule is CS(=O)(=O)c1ccc(F)c(NC(=O)/C=C/c2cc3ccccc3o2)c1. The molecule has 1 amide bonds. The van der Waals surface area contributed by atoms with E-state index in [9.17, 15) is 17.6 Å². The molecule has 1 N–H and O–H groups in total. The van der Waals surface area contributed by atoms with Crippen LogP contribution in [-0.4, -0.2) is 20.6 Å². The Labute approximate surface area is 143 Å². The fourth-order valence-electron chi connectivity index (χ4n) is 2.25. The summed E-state index contributed by atoms with van der Waals surface area (Å²) in [6.07, 6.45) is 3.64. The van der Waals surface area contributed by atoms with Crippen molar-refractivity contribution in [3.05, 3.63) is 66.2 Å². The second-order valence-electron chi connectivity index (χ2n) is 5.42. The highest BCUT2D eigenvalue weighted by Crippen LogP contribution is 2.21. The van der Waals surface area contributed by atoms with Crippen LogP contribution in [0.3, 0.4) is 0 Å². The quantitative estimate of drug-likeness (QED) is 0.570. The third-order valence-corrected chi connectivity index (χ3v) is 4.58. The number of furan rings is 1. The third kappa shape index (κ3) is 3.95. The first-order valence-corrected chi connectivity index (χ1v) is 9.19. The maximum absolute atomic E-state index is 13.8. The Morgan fingerprint density at radius 2 is 1.92 bits per heavy atom. The molecule has 0 radical (unpaired) electrons. The number of fused-ring (bicyclic) bond motifs is 1. The summed E-state index contributed by atoms with van der Waals surface area (Å²) in [5, 5.41) is 3.22. The first-order valence-electron chi connectivity index (χ1n) is 7.30. The molecule has 5 nitrogen and oxygen atoms in total. The Kier molecular flexibility index (Phi) is 4.41. The largest absolute Gasteiger partial charge is 0.457 e. The van der Waals surface area contributed by atoms with Gasteiger partial charge in [-0.3, -0.25) is 4.79 Å². The Morgan fingerprint density at radius 3 is 2.64 bits per heavy atom. The Hall–Kier alpha value is -2.93. The third-order valence-electron chi connectivity index (χ3n) is 3.47. The van der Waals surface area contributed by atoms with E-state index in [1.54, 1.807) is 12.1 Å². The molecule has 1 heterocycles. The van der Waals surface area contributed by atoms with Crippen LogP contribution >= 0.6 is 0 Å². The van der Waals surface area contributed by atoms with Crippen molar-refractivity contribution in [2.24, 2.45) is 0 Å². The van der Waals surface area contributed by atoms with Crippen molar-refractivity contribution < 1.29 is 22.0 Å². The number of sulfone groups is 1. The summed E-state index contributed by atoms with van der Waals surface area (Å²) >= 11 is 0. The number of rotatable bonds is 4. The van der Waals surface area contributed by atoms with E-state index in [0.717, 1.165) is 29.8 Å². The summed E-state index contributed by atoms with van der Waals surface area (Å²) in [4.78, 5) is 11.9. The van der Waals surface area contributed by atoms with Gasteiger partial charge in [0.05, 0.1) is 10.6 Å². The average Bonchev–Trinajstić information content (AvgIpc) is 2.97. The van der Waals surface area contributed by atoms with Crippen molar-refractivity contribution in [2.75, 3.05) is 11.6 Å². The molecule has 1 aromatic heterocycles. The average molecular weight is 359 g/mol. The number of hydrogen-bond donors (Lipinski definition) is 1. The van der Waals surface area contributed by atoms with Crippen LogP contribution in [0.4, 0.5) is 10.1 Å². The summed E-state index contributed by atoms with van der Waals surface area (Å²) in [5.41, 5.74) is 0.483.